The fraction of sp³-hybridized carbons (Fsp3) is 0.385. The van der Waals surface area contributed by atoms with Gasteiger partial charge in [-0.15, -0.1) is 0 Å². The summed E-state index contributed by atoms with van der Waals surface area (Å²) >= 11 is 0. The molecule has 23 heavy (non-hydrogen) atoms. The van der Waals surface area contributed by atoms with E-state index in [2.05, 4.69) is 15.2 Å². The highest BCUT2D eigenvalue weighted by Crippen LogP contribution is 2.28. The Hall–Kier alpha value is -2.17. The lowest BCUT2D eigenvalue weighted by molar-refractivity contribution is -0.120. The van der Waals surface area contributed by atoms with Crippen LogP contribution in [0, 0.1) is 6.92 Å². The van der Waals surface area contributed by atoms with Crippen LogP contribution >= 0.6 is 0 Å². The van der Waals surface area contributed by atoms with E-state index in [4.69, 9.17) is 8.94 Å². The predicted octanol–water partition coefficient (Wildman–Crippen LogP) is 0.794. The molecule has 10 heteroatoms. The van der Waals surface area contributed by atoms with E-state index in [-0.39, 0.29) is 12.2 Å². The molecule has 3 heterocycles. The number of nitrogens with zero attached hydrogens (tertiary/aromatic N) is 2. The van der Waals surface area contributed by atoms with Gasteiger partial charge in [0.2, 0.25) is 5.91 Å². The first kappa shape index (κ1) is 15.7. The maximum atomic E-state index is 12.4. The molecule has 0 unspecified atom stereocenters. The van der Waals surface area contributed by atoms with Crippen molar-refractivity contribution in [3.8, 4) is 0 Å². The molecule has 2 atom stereocenters. The van der Waals surface area contributed by atoms with Gasteiger partial charge < -0.3 is 14.3 Å². The molecule has 0 radical (unpaired) electrons. The average molecular weight is 340 g/mol. The molecular formula is C13H16N4O5S. The van der Waals surface area contributed by atoms with Crippen molar-refractivity contribution < 1.29 is 22.2 Å². The summed E-state index contributed by atoms with van der Waals surface area (Å²) in [6.07, 6.45) is 1.68. The highest BCUT2D eigenvalue weighted by molar-refractivity contribution is 7.87. The van der Waals surface area contributed by atoms with Crippen molar-refractivity contribution in [1.29, 1.82) is 0 Å². The van der Waals surface area contributed by atoms with Crippen LogP contribution < -0.4 is 10.0 Å². The van der Waals surface area contributed by atoms with Crippen LogP contribution in [0.3, 0.4) is 0 Å². The maximum Gasteiger partial charge on any atom is 0.280 e. The molecule has 124 valence electrons. The van der Waals surface area contributed by atoms with E-state index in [1.807, 2.05) is 0 Å². The molecular weight excluding hydrogens is 324 g/mol. The van der Waals surface area contributed by atoms with Crippen LogP contribution in [0.1, 0.15) is 24.0 Å². The Bertz CT molecular complexity index is 798. The highest BCUT2D eigenvalue weighted by atomic mass is 32.2. The van der Waals surface area contributed by atoms with Gasteiger partial charge >= 0.3 is 0 Å². The van der Waals surface area contributed by atoms with E-state index in [0.29, 0.717) is 11.5 Å². The van der Waals surface area contributed by atoms with Crippen LogP contribution in [0.15, 0.2) is 33.4 Å². The minimum Gasteiger partial charge on any atom is -0.468 e. The maximum absolute atomic E-state index is 12.4. The van der Waals surface area contributed by atoms with Crippen molar-refractivity contribution >= 4 is 21.9 Å². The number of hydrogen-bond acceptors (Lipinski definition) is 6. The molecule has 0 aromatic carbocycles. The molecule has 1 amide bonds. The summed E-state index contributed by atoms with van der Waals surface area (Å²) in [5, 5.41) is 6.23. The Morgan fingerprint density at radius 2 is 2.30 bits per heavy atom. The topological polar surface area (TPSA) is 118 Å². The number of rotatable bonds is 3. The van der Waals surface area contributed by atoms with Crippen molar-refractivity contribution in [2.75, 3.05) is 12.4 Å². The van der Waals surface area contributed by atoms with E-state index in [9.17, 15) is 13.2 Å². The normalized spacial score (nSPS) is 24.4. The quantitative estimate of drug-likeness (QED) is 0.853. The molecule has 0 aliphatic carbocycles. The van der Waals surface area contributed by atoms with Crippen LogP contribution in [-0.2, 0) is 15.0 Å². The first-order valence-electron chi connectivity index (χ1n) is 6.89. The van der Waals surface area contributed by atoms with Crippen LogP contribution in [0.25, 0.3) is 0 Å². The lowest BCUT2D eigenvalue weighted by Crippen LogP contribution is -2.55. The molecule has 0 saturated carbocycles. The monoisotopic (exact) mass is 340 g/mol. The largest absolute Gasteiger partial charge is 0.468 e. The van der Waals surface area contributed by atoms with Gasteiger partial charge in [0.15, 0.2) is 5.82 Å². The van der Waals surface area contributed by atoms with Crippen molar-refractivity contribution in [2.45, 2.75) is 25.4 Å². The van der Waals surface area contributed by atoms with Crippen molar-refractivity contribution in [3.63, 3.8) is 0 Å². The SMILES string of the molecule is Cc1cc(NC(=O)[C@H]2C[C@@H](c3ccco3)NS(=O)(=O)N2C)no1. The Balaban J connectivity index is 1.82. The molecule has 1 aliphatic heterocycles. The molecule has 1 aliphatic rings. The Morgan fingerprint density at radius 1 is 1.52 bits per heavy atom. The molecule has 9 nitrogen and oxygen atoms in total. The third-order valence-electron chi connectivity index (χ3n) is 3.64. The number of carbonyl (C=O) groups excluding carboxylic acids is 1. The smallest absolute Gasteiger partial charge is 0.280 e. The second-order valence-electron chi connectivity index (χ2n) is 5.27. The summed E-state index contributed by atoms with van der Waals surface area (Å²) in [6, 6.07) is 3.37. The summed E-state index contributed by atoms with van der Waals surface area (Å²) < 4.78 is 38.0. The number of hydrogen-bond donors (Lipinski definition) is 2. The second kappa shape index (κ2) is 5.80. The summed E-state index contributed by atoms with van der Waals surface area (Å²) in [5.41, 5.74) is 0. The minimum absolute atomic E-state index is 0.228. The lowest BCUT2D eigenvalue weighted by Gasteiger charge is -2.35. The first-order valence-corrected chi connectivity index (χ1v) is 8.33. The van der Waals surface area contributed by atoms with Crippen molar-refractivity contribution in [3.05, 3.63) is 36.0 Å². The zero-order chi connectivity index (χ0) is 16.6. The highest BCUT2D eigenvalue weighted by Gasteiger charge is 2.41. The van der Waals surface area contributed by atoms with Crippen LogP contribution in [0.4, 0.5) is 5.82 Å². The lowest BCUT2D eigenvalue weighted by atomic mass is 10.0. The van der Waals surface area contributed by atoms with Gasteiger partial charge in [-0.05, 0) is 25.5 Å². The Kier molecular flexibility index (Phi) is 3.96. The van der Waals surface area contributed by atoms with Gasteiger partial charge in [-0.2, -0.15) is 17.4 Å². The van der Waals surface area contributed by atoms with E-state index >= 15 is 0 Å². The third kappa shape index (κ3) is 3.14. The molecule has 0 spiro atoms. The number of aryl methyl sites for hydroxylation is 1. The van der Waals surface area contributed by atoms with Gasteiger partial charge in [0.25, 0.3) is 10.2 Å². The van der Waals surface area contributed by atoms with Gasteiger partial charge in [0.05, 0.1) is 12.3 Å². The number of amides is 1. The number of likely N-dealkylation sites (N-methyl/N-ethyl adjacent to an activating group) is 1. The van der Waals surface area contributed by atoms with Gasteiger partial charge in [-0.3, -0.25) is 4.79 Å². The van der Waals surface area contributed by atoms with Gasteiger partial charge in [0.1, 0.15) is 17.6 Å². The number of nitrogens with one attached hydrogen (secondary N) is 2. The minimum atomic E-state index is -3.80. The van der Waals surface area contributed by atoms with E-state index in [1.165, 1.54) is 13.3 Å². The second-order valence-corrected chi connectivity index (χ2v) is 7.03. The zero-order valence-electron chi connectivity index (χ0n) is 12.5. The molecule has 3 rings (SSSR count). The van der Waals surface area contributed by atoms with Crippen molar-refractivity contribution in [2.24, 2.45) is 0 Å². The fourth-order valence-corrected chi connectivity index (χ4v) is 3.68. The van der Waals surface area contributed by atoms with Crippen molar-refractivity contribution in [1.82, 2.24) is 14.2 Å². The summed E-state index contributed by atoms with van der Waals surface area (Å²) in [6.45, 7) is 1.69. The van der Waals surface area contributed by atoms with Crippen LogP contribution in [-0.4, -0.2) is 36.9 Å². The summed E-state index contributed by atoms with van der Waals surface area (Å²) in [4.78, 5) is 12.4. The molecule has 2 N–H and O–H groups in total. The molecule has 0 bridgehead atoms. The van der Waals surface area contributed by atoms with E-state index < -0.39 is 28.2 Å². The molecule has 2 aromatic rings. The van der Waals surface area contributed by atoms with Crippen LogP contribution in [0.2, 0.25) is 0 Å². The fourth-order valence-electron chi connectivity index (χ4n) is 2.42. The summed E-state index contributed by atoms with van der Waals surface area (Å²) in [7, 11) is -2.45. The molecule has 1 fully saturated rings. The third-order valence-corrected chi connectivity index (χ3v) is 5.23. The van der Waals surface area contributed by atoms with Gasteiger partial charge in [-0.1, -0.05) is 5.16 Å². The van der Waals surface area contributed by atoms with E-state index in [0.717, 1.165) is 4.31 Å². The number of aromatic nitrogens is 1. The molecule has 2 aromatic heterocycles. The standard InChI is InChI=1S/C13H16N4O5S/c1-8-6-12(15-22-8)14-13(18)10-7-9(11-4-3-5-21-11)16-23(19,20)17(10)2/h3-6,9-10,16H,7H2,1-2H3,(H,14,15,18)/t9-,10+/m0/s1. The Labute approximate surface area is 132 Å². The zero-order valence-corrected chi connectivity index (χ0v) is 13.3. The predicted molar refractivity (Wildman–Crippen MR) is 79.5 cm³/mol. The van der Waals surface area contributed by atoms with Crippen LogP contribution in [0.5, 0.6) is 0 Å². The average Bonchev–Trinajstić information content (AvgIpc) is 3.13. The summed E-state index contributed by atoms with van der Waals surface area (Å²) in [5.74, 6) is 0.755. The van der Waals surface area contributed by atoms with E-state index in [1.54, 1.807) is 25.1 Å². The number of furan rings is 1. The Morgan fingerprint density at radius 3 is 2.91 bits per heavy atom. The number of anilines is 1. The number of carbonyl (C=O) groups is 1. The molecule has 1 saturated heterocycles. The first-order chi connectivity index (χ1) is 10.9. The van der Waals surface area contributed by atoms with Gasteiger partial charge in [-0.25, -0.2) is 0 Å². The van der Waals surface area contributed by atoms with Gasteiger partial charge in [0, 0.05) is 13.1 Å².